The summed E-state index contributed by atoms with van der Waals surface area (Å²) in [5.74, 6) is -1.08. The van der Waals surface area contributed by atoms with Crippen molar-refractivity contribution in [2.75, 3.05) is 18.4 Å². The number of hydrogen-bond acceptors (Lipinski definition) is 3. The number of urea groups is 1. The topological polar surface area (TPSA) is 81.8 Å². The van der Waals surface area contributed by atoms with E-state index in [0.29, 0.717) is 5.69 Å². The first-order valence-electron chi connectivity index (χ1n) is 13.8. The zero-order valence-corrected chi connectivity index (χ0v) is 23.7. The highest BCUT2D eigenvalue weighted by atomic mass is 19.4. The third kappa shape index (κ3) is 6.04. The molecule has 0 aromatic heterocycles. The second-order valence-electron chi connectivity index (χ2n) is 10.7. The average molecular weight is 589 g/mol. The number of amides is 4. The number of aryl methyl sites for hydroxylation is 2. The summed E-state index contributed by atoms with van der Waals surface area (Å²) < 4.78 is 42.2. The largest absolute Gasteiger partial charge is 0.416 e. The van der Waals surface area contributed by atoms with Gasteiger partial charge in [0, 0.05) is 18.7 Å². The number of rotatable bonds is 8. The summed E-state index contributed by atoms with van der Waals surface area (Å²) in [6.07, 6.45) is -3.10. The second-order valence-corrected chi connectivity index (χ2v) is 10.7. The summed E-state index contributed by atoms with van der Waals surface area (Å²) in [5.41, 5.74) is 2.28. The van der Waals surface area contributed by atoms with Crippen molar-refractivity contribution >= 4 is 23.5 Å². The fourth-order valence-corrected chi connectivity index (χ4v) is 5.78. The first kappa shape index (κ1) is 29.6. The van der Waals surface area contributed by atoms with Gasteiger partial charge in [-0.05, 0) is 54.3 Å². The van der Waals surface area contributed by atoms with Crippen LogP contribution in [-0.2, 0) is 22.2 Å². The number of nitrogens with one attached hydrogen (secondary N) is 2. The van der Waals surface area contributed by atoms with E-state index in [2.05, 4.69) is 17.2 Å². The fourth-order valence-electron chi connectivity index (χ4n) is 5.78. The van der Waals surface area contributed by atoms with Gasteiger partial charge in [0.15, 0.2) is 0 Å². The lowest BCUT2D eigenvalue weighted by Crippen LogP contribution is -2.47. The first-order chi connectivity index (χ1) is 20.5. The van der Waals surface area contributed by atoms with E-state index in [1.54, 1.807) is 0 Å². The minimum Gasteiger partial charge on any atom is -0.326 e. The maximum absolute atomic E-state index is 14.2. The molecule has 2 atom stereocenters. The summed E-state index contributed by atoms with van der Waals surface area (Å²) in [7, 11) is 0. The SMILES string of the molecule is C=CCN1C(=O)NC(c2ccccc2C(F)(F)F)C2=C1CN(C(Cc1ccccc1)C(=O)Nc1cc(C)cc(C)c1)C2=O. The summed E-state index contributed by atoms with van der Waals surface area (Å²) in [4.78, 5) is 44.0. The lowest BCUT2D eigenvalue weighted by molar-refractivity contribution is -0.138. The highest BCUT2D eigenvalue weighted by Crippen LogP contribution is 2.42. The molecule has 0 saturated carbocycles. The van der Waals surface area contributed by atoms with Crippen LogP contribution in [0.1, 0.15) is 33.9 Å². The molecule has 2 heterocycles. The van der Waals surface area contributed by atoms with Gasteiger partial charge in [-0.1, -0.05) is 60.7 Å². The van der Waals surface area contributed by atoms with Crippen LogP contribution in [0.25, 0.3) is 0 Å². The molecule has 0 radical (unpaired) electrons. The number of alkyl halides is 3. The molecule has 2 unspecified atom stereocenters. The van der Waals surface area contributed by atoms with Crippen molar-refractivity contribution in [2.24, 2.45) is 0 Å². The van der Waals surface area contributed by atoms with Crippen LogP contribution in [0.5, 0.6) is 0 Å². The summed E-state index contributed by atoms with van der Waals surface area (Å²) in [5, 5.41) is 5.53. The van der Waals surface area contributed by atoms with Gasteiger partial charge in [-0.3, -0.25) is 14.5 Å². The summed E-state index contributed by atoms with van der Waals surface area (Å²) in [6, 6.07) is 16.6. The van der Waals surface area contributed by atoms with Gasteiger partial charge in [0.2, 0.25) is 5.91 Å². The van der Waals surface area contributed by atoms with Crippen LogP contribution in [0.4, 0.5) is 23.7 Å². The van der Waals surface area contributed by atoms with Crippen LogP contribution in [0.3, 0.4) is 0 Å². The zero-order valence-electron chi connectivity index (χ0n) is 23.7. The molecule has 2 N–H and O–H groups in total. The van der Waals surface area contributed by atoms with Gasteiger partial charge in [-0.25, -0.2) is 4.79 Å². The van der Waals surface area contributed by atoms with Crippen molar-refractivity contribution in [3.05, 3.63) is 125 Å². The molecule has 0 bridgehead atoms. The van der Waals surface area contributed by atoms with E-state index in [0.717, 1.165) is 22.8 Å². The lowest BCUT2D eigenvalue weighted by atomic mass is 9.91. The number of hydrogen-bond donors (Lipinski definition) is 2. The molecule has 43 heavy (non-hydrogen) atoms. The van der Waals surface area contributed by atoms with Gasteiger partial charge in [-0.2, -0.15) is 13.2 Å². The Morgan fingerprint density at radius 3 is 2.35 bits per heavy atom. The van der Waals surface area contributed by atoms with Crippen molar-refractivity contribution in [3.8, 4) is 0 Å². The van der Waals surface area contributed by atoms with E-state index in [1.807, 2.05) is 62.4 Å². The number of benzene rings is 3. The molecule has 2 aliphatic rings. The first-order valence-corrected chi connectivity index (χ1v) is 13.8. The quantitative estimate of drug-likeness (QED) is 0.321. The number of nitrogens with zero attached hydrogens (tertiary/aromatic N) is 2. The van der Waals surface area contributed by atoms with Crippen molar-refractivity contribution in [1.82, 2.24) is 15.1 Å². The Morgan fingerprint density at radius 1 is 1.05 bits per heavy atom. The van der Waals surface area contributed by atoms with Crippen LogP contribution < -0.4 is 10.6 Å². The fraction of sp³-hybridized carbons (Fsp3) is 0.242. The average Bonchev–Trinajstić information content (AvgIpc) is 3.29. The van der Waals surface area contributed by atoms with Crippen molar-refractivity contribution in [2.45, 2.75) is 38.5 Å². The minimum absolute atomic E-state index is 0.00425. The molecule has 0 aliphatic carbocycles. The van der Waals surface area contributed by atoms with Crippen molar-refractivity contribution in [1.29, 1.82) is 0 Å². The number of halogens is 3. The van der Waals surface area contributed by atoms with E-state index < -0.39 is 41.7 Å². The Morgan fingerprint density at radius 2 is 1.70 bits per heavy atom. The van der Waals surface area contributed by atoms with Gasteiger partial charge < -0.3 is 15.5 Å². The molecule has 2 aliphatic heterocycles. The van der Waals surface area contributed by atoms with E-state index in [9.17, 15) is 27.6 Å². The molecule has 4 amide bonds. The molecule has 7 nitrogen and oxygen atoms in total. The Bertz CT molecular complexity index is 1600. The Balaban J connectivity index is 1.57. The van der Waals surface area contributed by atoms with Crippen LogP contribution in [-0.4, -0.2) is 46.8 Å². The Labute approximate surface area is 247 Å². The molecule has 5 rings (SSSR count). The molecule has 0 spiro atoms. The van der Waals surface area contributed by atoms with Crippen molar-refractivity contribution in [3.63, 3.8) is 0 Å². The molecular formula is C33H31F3N4O3. The summed E-state index contributed by atoms with van der Waals surface area (Å²) >= 11 is 0. The number of carbonyl (C=O) groups excluding carboxylic acids is 3. The predicted octanol–water partition coefficient (Wildman–Crippen LogP) is 5.92. The molecule has 10 heteroatoms. The van der Waals surface area contributed by atoms with Gasteiger partial charge in [0.1, 0.15) is 6.04 Å². The maximum atomic E-state index is 14.2. The summed E-state index contributed by atoms with van der Waals surface area (Å²) in [6.45, 7) is 7.39. The molecular weight excluding hydrogens is 557 g/mol. The molecule has 3 aromatic carbocycles. The molecule has 222 valence electrons. The van der Waals surface area contributed by atoms with Gasteiger partial charge >= 0.3 is 12.2 Å². The van der Waals surface area contributed by atoms with E-state index in [1.165, 1.54) is 34.1 Å². The molecule has 0 saturated heterocycles. The van der Waals surface area contributed by atoms with E-state index in [4.69, 9.17) is 0 Å². The highest BCUT2D eigenvalue weighted by Gasteiger charge is 2.48. The lowest BCUT2D eigenvalue weighted by Gasteiger charge is -2.33. The second kappa shape index (κ2) is 11.8. The minimum atomic E-state index is -4.72. The standard InChI is InChI=1S/C33H31F3N4O3/c1-4-14-39-27-19-40(31(42)28(27)29(38-32(39)43)24-12-8-9-13-25(24)33(34,35)36)26(18-22-10-6-5-7-11-22)30(41)37-23-16-20(2)15-21(3)17-23/h4-13,15-17,26,29H,1,14,18-19H2,2-3H3,(H,37,41)(H,38,43). The van der Waals surface area contributed by atoms with E-state index in [-0.39, 0.29) is 36.3 Å². The van der Waals surface area contributed by atoms with Crippen LogP contribution in [0.15, 0.2) is 96.7 Å². The van der Waals surface area contributed by atoms with E-state index >= 15 is 0 Å². The zero-order chi connectivity index (χ0) is 30.9. The normalized spacial score (nSPS) is 17.5. The smallest absolute Gasteiger partial charge is 0.326 e. The Kier molecular flexibility index (Phi) is 8.12. The van der Waals surface area contributed by atoms with Gasteiger partial charge in [0.25, 0.3) is 5.91 Å². The van der Waals surface area contributed by atoms with Gasteiger partial charge in [0.05, 0.1) is 29.4 Å². The maximum Gasteiger partial charge on any atom is 0.416 e. The predicted molar refractivity (Wildman–Crippen MR) is 157 cm³/mol. The van der Waals surface area contributed by atoms with Crippen LogP contribution >= 0.6 is 0 Å². The van der Waals surface area contributed by atoms with Gasteiger partial charge in [-0.15, -0.1) is 6.58 Å². The third-order valence-electron chi connectivity index (χ3n) is 7.58. The molecule has 3 aromatic rings. The van der Waals surface area contributed by atoms with Crippen molar-refractivity contribution < 1.29 is 27.6 Å². The number of anilines is 1. The molecule has 0 fully saturated rings. The van der Waals surface area contributed by atoms with Crippen LogP contribution in [0.2, 0.25) is 0 Å². The Hall–Kier alpha value is -4.86. The number of carbonyl (C=O) groups is 3. The third-order valence-corrected chi connectivity index (χ3v) is 7.58. The highest BCUT2D eigenvalue weighted by molar-refractivity contribution is 6.05. The van der Waals surface area contributed by atoms with Crippen LogP contribution in [0, 0.1) is 13.8 Å². The monoisotopic (exact) mass is 588 g/mol.